The standard InChI is InChI=1S/C26H33N3O4/c1-31-22-7-4-5-20(15-22)17-29-18-21-6-2-3-8-23(21)26(29)16-24(33-19-26)25(30)27-9-10-28-11-13-32-14-12-28/h2-8,15,24H,9-14,16-19H2,1H3,(H,27,30)/t24-,26+/m0/s1. The molecule has 3 aliphatic rings. The van der Waals surface area contributed by atoms with E-state index in [-0.39, 0.29) is 11.4 Å². The molecule has 0 aromatic heterocycles. The number of benzene rings is 2. The van der Waals surface area contributed by atoms with E-state index in [1.165, 1.54) is 16.7 Å². The number of rotatable bonds is 7. The van der Waals surface area contributed by atoms with Crippen molar-refractivity contribution in [3.8, 4) is 5.75 Å². The van der Waals surface area contributed by atoms with Gasteiger partial charge in [-0.2, -0.15) is 0 Å². The Morgan fingerprint density at radius 1 is 1.18 bits per heavy atom. The minimum Gasteiger partial charge on any atom is -0.497 e. The predicted molar refractivity (Wildman–Crippen MR) is 125 cm³/mol. The van der Waals surface area contributed by atoms with Crippen molar-refractivity contribution in [1.29, 1.82) is 0 Å². The van der Waals surface area contributed by atoms with E-state index in [1.54, 1.807) is 7.11 Å². The van der Waals surface area contributed by atoms with Crippen LogP contribution in [0.4, 0.5) is 0 Å². The van der Waals surface area contributed by atoms with Gasteiger partial charge in [-0.1, -0.05) is 36.4 Å². The average molecular weight is 452 g/mol. The summed E-state index contributed by atoms with van der Waals surface area (Å²) in [4.78, 5) is 17.8. The fourth-order valence-corrected chi connectivity index (χ4v) is 5.35. The summed E-state index contributed by atoms with van der Waals surface area (Å²) >= 11 is 0. The number of hydrogen-bond acceptors (Lipinski definition) is 6. The van der Waals surface area contributed by atoms with Crippen LogP contribution >= 0.6 is 0 Å². The van der Waals surface area contributed by atoms with Gasteiger partial charge < -0.3 is 19.5 Å². The molecule has 0 aliphatic carbocycles. The summed E-state index contributed by atoms with van der Waals surface area (Å²) in [5.41, 5.74) is 3.51. The summed E-state index contributed by atoms with van der Waals surface area (Å²) in [5, 5.41) is 3.10. The molecule has 2 aromatic rings. The molecule has 3 heterocycles. The molecule has 1 amide bonds. The fourth-order valence-electron chi connectivity index (χ4n) is 5.35. The van der Waals surface area contributed by atoms with Crippen molar-refractivity contribution >= 4 is 5.91 Å². The molecule has 2 fully saturated rings. The number of hydrogen-bond donors (Lipinski definition) is 1. The number of carbonyl (C=O) groups is 1. The van der Waals surface area contributed by atoms with E-state index in [4.69, 9.17) is 14.2 Å². The number of nitrogens with zero attached hydrogens (tertiary/aromatic N) is 2. The summed E-state index contributed by atoms with van der Waals surface area (Å²) in [6.07, 6.45) is 0.228. The first-order chi connectivity index (χ1) is 16.2. The van der Waals surface area contributed by atoms with Crippen molar-refractivity contribution in [3.05, 3.63) is 65.2 Å². The maximum Gasteiger partial charge on any atom is 0.249 e. The second kappa shape index (κ2) is 9.81. The minimum absolute atomic E-state index is 0.00848. The van der Waals surface area contributed by atoms with Crippen molar-refractivity contribution in [3.63, 3.8) is 0 Å². The number of carbonyl (C=O) groups excluding carboxylic acids is 1. The van der Waals surface area contributed by atoms with E-state index < -0.39 is 6.10 Å². The molecule has 2 aromatic carbocycles. The molecule has 0 bridgehead atoms. The van der Waals surface area contributed by atoms with Crippen LogP contribution in [0.1, 0.15) is 23.1 Å². The van der Waals surface area contributed by atoms with Gasteiger partial charge in [0.1, 0.15) is 11.9 Å². The first kappa shape index (κ1) is 22.3. The van der Waals surface area contributed by atoms with E-state index in [0.29, 0.717) is 19.6 Å². The van der Waals surface area contributed by atoms with Gasteiger partial charge in [0.2, 0.25) is 5.91 Å². The van der Waals surface area contributed by atoms with Gasteiger partial charge in [0, 0.05) is 45.7 Å². The molecule has 0 unspecified atom stereocenters. The predicted octanol–water partition coefficient (Wildman–Crippen LogP) is 2.14. The van der Waals surface area contributed by atoms with Crippen LogP contribution in [-0.4, -0.2) is 74.9 Å². The Morgan fingerprint density at radius 3 is 2.88 bits per heavy atom. The van der Waals surface area contributed by atoms with Crippen LogP contribution < -0.4 is 10.1 Å². The van der Waals surface area contributed by atoms with Crippen LogP contribution in [0.3, 0.4) is 0 Å². The van der Waals surface area contributed by atoms with Crippen LogP contribution in [0.25, 0.3) is 0 Å². The van der Waals surface area contributed by atoms with Crippen LogP contribution in [0.5, 0.6) is 5.75 Å². The third-order valence-corrected chi connectivity index (χ3v) is 7.16. The molecule has 7 heteroatoms. The largest absolute Gasteiger partial charge is 0.497 e. The summed E-state index contributed by atoms with van der Waals surface area (Å²) in [6, 6.07) is 16.8. The number of amides is 1. The van der Waals surface area contributed by atoms with Crippen LogP contribution in [0.15, 0.2) is 48.5 Å². The molecule has 1 N–H and O–H groups in total. The van der Waals surface area contributed by atoms with Gasteiger partial charge in [0.25, 0.3) is 0 Å². The van der Waals surface area contributed by atoms with Gasteiger partial charge >= 0.3 is 0 Å². The van der Waals surface area contributed by atoms with Crippen LogP contribution in [0.2, 0.25) is 0 Å². The van der Waals surface area contributed by atoms with Crippen molar-refractivity contribution in [2.75, 3.05) is 53.1 Å². The van der Waals surface area contributed by atoms with Gasteiger partial charge in [0.05, 0.1) is 32.5 Å². The average Bonchev–Trinajstić information content (AvgIpc) is 3.43. The third kappa shape index (κ3) is 4.64. The summed E-state index contributed by atoms with van der Waals surface area (Å²) in [5.74, 6) is 0.851. The monoisotopic (exact) mass is 451 g/mol. The second-order valence-electron chi connectivity index (χ2n) is 9.15. The molecule has 176 valence electrons. The Morgan fingerprint density at radius 2 is 2.03 bits per heavy atom. The maximum atomic E-state index is 13.0. The van der Waals surface area contributed by atoms with Crippen molar-refractivity contribution in [2.24, 2.45) is 0 Å². The Hall–Kier alpha value is -2.45. The SMILES string of the molecule is COc1cccc(CN2Cc3ccccc3[C@@]23CO[C@H](C(=O)NCCN2CCOCC2)C3)c1. The molecule has 3 aliphatic heterocycles. The topological polar surface area (TPSA) is 63.3 Å². The number of nitrogens with one attached hydrogen (secondary N) is 1. The van der Waals surface area contributed by atoms with Crippen molar-refractivity contribution < 1.29 is 19.0 Å². The smallest absolute Gasteiger partial charge is 0.249 e. The van der Waals surface area contributed by atoms with Gasteiger partial charge in [-0.15, -0.1) is 0 Å². The number of fused-ring (bicyclic) bond motifs is 2. The third-order valence-electron chi connectivity index (χ3n) is 7.16. The molecule has 5 rings (SSSR count). The lowest BCUT2D eigenvalue weighted by atomic mass is 9.86. The molecule has 7 nitrogen and oxygen atoms in total. The highest BCUT2D eigenvalue weighted by Crippen LogP contribution is 2.47. The van der Waals surface area contributed by atoms with E-state index in [0.717, 1.165) is 51.7 Å². The zero-order valence-electron chi connectivity index (χ0n) is 19.3. The summed E-state index contributed by atoms with van der Waals surface area (Å²) < 4.78 is 17.0. The molecular formula is C26H33N3O4. The first-order valence-corrected chi connectivity index (χ1v) is 11.8. The van der Waals surface area contributed by atoms with E-state index >= 15 is 0 Å². The lowest BCUT2D eigenvalue weighted by molar-refractivity contribution is -0.130. The summed E-state index contributed by atoms with van der Waals surface area (Å²) in [7, 11) is 1.69. The molecule has 0 saturated carbocycles. The van der Waals surface area contributed by atoms with Gasteiger partial charge in [-0.25, -0.2) is 0 Å². The highest BCUT2D eigenvalue weighted by atomic mass is 16.5. The van der Waals surface area contributed by atoms with Gasteiger partial charge in [-0.05, 0) is 28.8 Å². The van der Waals surface area contributed by atoms with Crippen LogP contribution in [0, 0.1) is 0 Å². The van der Waals surface area contributed by atoms with Crippen molar-refractivity contribution in [2.45, 2.75) is 31.2 Å². The van der Waals surface area contributed by atoms with Gasteiger partial charge in [-0.3, -0.25) is 14.6 Å². The van der Waals surface area contributed by atoms with E-state index in [9.17, 15) is 4.79 Å². The first-order valence-electron chi connectivity index (χ1n) is 11.8. The Kier molecular flexibility index (Phi) is 6.64. The molecule has 2 atom stereocenters. The van der Waals surface area contributed by atoms with E-state index in [2.05, 4.69) is 51.5 Å². The maximum absolute atomic E-state index is 13.0. The second-order valence-corrected chi connectivity index (χ2v) is 9.15. The normalized spacial score (nSPS) is 25.3. The minimum atomic E-state index is -0.436. The Bertz CT molecular complexity index is 978. The molecule has 33 heavy (non-hydrogen) atoms. The number of methoxy groups -OCH3 is 1. The summed E-state index contributed by atoms with van der Waals surface area (Å²) in [6.45, 7) is 7.02. The highest BCUT2D eigenvalue weighted by molar-refractivity contribution is 5.81. The Balaban J connectivity index is 1.27. The number of ether oxygens (including phenoxy) is 3. The lowest BCUT2D eigenvalue weighted by Crippen LogP contribution is -2.44. The zero-order chi connectivity index (χ0) is 22.7. The van der Waals surface area contributed by atoms with Gasteiger partial charge in [0.15, 0.2) is 0 Å². The number of morpholine rings is 1. The quantitative estimate of drug-likeness (QED) is 0.696. The Labute approximate surface area is 195 Å². The molecule has 2 saturated heterocycles. The highest BCUT2D eigenvalue weighted by Gasteiger charge is 2.52. The van der Waals surface area contributed by atoms with Crippen LogP contribution in [-0.2, 0) is 32.9 Å². The molecular weight excluding hydrogens is 418 g/mol. The lowest BCUT2D eigenvalue weighted by Gasteiger charge is -2.35. The molecule has 0 radical (unpaired) electrons. The zero-order valence-corrected chi connectivity index (χ0v) is 19.3. The molecule has 1 spiro atoms. The van der Waals surface area contributed by atoms with E-state index in [1.807, 2.05) is 12.1 Å². The van der Waals surface area contributed by atoms with Crippen molar-refractivity contribution in [1.82, 2.24) is 15.1 Å². The fraction of sp³-hybridized carbons (Fsp3) is 0.500.